The third kappa shape index (κ3) is 7.60. The van der Waals surface area contributed by atoms with Gasteiger partial charge in [-0.3, -0.25) is 0 Å². The second-order valence-electron chi connectivity index (χ2n) is 17.4. The minimum absolute atomic E-state index is 0.277. The zero-order valence-electron chi connectivity index (χ0n) is 36.6. The first-order valence-electron chi connectivity index (χ1n) is 22.5. The Labute approximate surface area is 383 Å². The smallest absolute Gasteiger partial charge is 0.0503 e. The van der Waals surface area contributed by atoms with Crippen molar-refractivity contribution in [2.75, 3.05) is 9.80 Å². The Morgan fingerprint density at radius 2 is 0.538 bits per heavy atom. The van der Waals surface area contributed by atoms with Gasteiger partial charge in [0.1, 0.15) is 0 Å². The number of anilines is 6. The van der Waals surface area contributed by atoms with Crippen LogP contribution in [0.5, 0.6) is 0 Å². The SMILES string of the molecule is CC1(C)c2cc(-c3ccccc3)ccc2N(c2ccc(-c3ccccc3)cc2)c2ccc(-c3ccc(N(c4ccc(-c5ccccc5)cc4)c4ccc(-c5ccccc5)cc4)cc3)cc21. The third-order valence-corrected chi connectivity index (χ3v) is 13.1. The van der Waals surface area contributed by atoms with Crippen LogP contribution in [0.15, 0.2) is 255 Å². The number of hydrogen-bond acceptors (Lipinski definition) is 2. The van der Waals surface area contributed by atoms with Gasteiger partial charge in [0, 0.05) is 28.2 Å². The van der Waals surface area contributed by atoms with Gasteiger partial charge in [0.05, 0.1) is 11.4 Å². The van der Waals surface area contributed by atoms with Crippen LogP contribution in [0.1, 0.15) is 25.0 Å². The van der Waals surface area contributed by atoms with E-state index in [4.69, 9.17) is 0 Å². The summed E-state index contributed by atoms with van der Waals surface area (Å²) in [5, 5.41) is 0. The van der Waals surface area contributed by atoms with Crippen LogP contribution in [0.4, 0.5) is 34.1 Å². The Kier molecular flexibility index (Phi) is 10.3. The first kappa shape index (κ1) is 39.6. The first-order chi connectivity index (χ1) is 32.0. The van der Waals surface area contributed by atoms with Crippen LogP contribution in [0.3, 0.4) is 0 Å². The van der Waals surface area contributed by atoms with Gasteiger partial charge in [0.25, 0.3) is 0 Å². The fourth-order valence-corrected chi connectivity index (χ4v) is 9.56. The Bertz CT molecular complexity index is 3130. The van der Waals surface area contributed by atoms with Crippen LogP contribution in [0.25, 0.3) is 55.6 Å². The number of benzene rings is 10. The molecule has 1 aliphatic heterocycles. The van der Waals surface area contributed by atoms with Crippen molar-refractivity contribution in [1.29, 1.82) is 0 Å². The fraction of sp³-hybridized carbons (Fsp3) is 0.0476. The van der Waals surface area contributed by atoms with E-state index in [9.17, 15) is 0 Å². The van der Waals surface area contributed by atoms with Gasteiger partial charge in [-0.2, -0.15) is 0 Å². The van der Waals surface area contributed by atoms with Crippen LogP contribution in [-0.2, 0) is 5.41 Å². The van der Waals surface area contributed by atoms with Crippen LogP contribution in [0.2, 0.25) is 0 Å². The van der Waals surface area contributed by atoms with Gasteiger partial charge in [-0.1, -0.05) is 196 Å². The van der Waals surface area contributed by atoms with Crippen LogP contribution >= 0.6 is 0 Å². The molecule has 0 aliphatic carbocycles. The summed E-state index contributed by atoms with van der Waals surface area (Å²) in [4.78, 5) is 4.81. The zero-order valence-corrected chi connectivity index (χ0v) is 36.6. The average Bonchev–Trinajstić information content (AvgIpc) is 3.38. The lowest BCUT2D eigenvalue weighted by Crippen LogP contribution is -2.30. The summed E-state index contributed by atoms with van der Waals surface area (Å²) in [6.45, 7) is 4.76. The molecule has 2 nitrogen and oxygen atoms in total. The van der Waals surface area contributed by atoms with E-state index in [1.807, 2.05) is 0 Å². The van der Waals surface area contributed by atoms with E-state index < -0.39 is 0 Å². The van der Waals surface area contributed by atoms with Crippen molar-refractivity contribution in [3.05, 3.63) is 266 Å². The highest BCUT2D eigenvalue weighted by atomic mass is 15.2. The molecule has 10 aromatic rings. The van der Waals surface area contributed by atoms with Crippen molar-refractivity contribution in [1.82, 2.24) is 0 Å². The summed E-state index contributed by atoms with van der Waals surface area (Å²) in [6, 6.07) is 92.5. The van der Waals surface area contributed by atoms with Gasteiger partial charge in [-0.05, 0) is 140 Å². The summed E-state index contributed by atoms with van der Waals surface area (Å²) in [5.74, 6) is 0. The largest absolute Gasteiger partial charge is 0.311 e. The highest BCUT2D eigenvalue weighted by Crippen LogP contribution is 2.53. The summed E-state index contributed by atoms with van der Waals surface area (Å²) in [5.41, 5.74) is 21.2. The molecule has 0 fully saturated rings. The number of hydrogen-bond donors (Lipinski definition) is 0. The maximum atomic E-state index is 2.45. The molecule has 0 amide bonds. The predicted octanol–water partition coefficient (Wildman–Crippen LogP) is 17.6. The van der Waals surface area contributed by atoms with E-state index in [0.29, 0.717) is 0 Å². The van der Waals surface area contributed by atoms with E-state index in [0.717, 1.165) is 22.7 Å². The fourth-order valence-electron chi connectivity index (χ4n) is 9.56. The van der Waals surface area contributed by atoms with Crippen molar-refractivity contribution >= 4 is 34.1 Å². The van der Waals surface area contributed by atoms with E-state index in [1.165, 1.54) is 78.1 Å². The molecule has 1 heterocycles. The van der Waals surface area contributed by atoms with Gasteiger partial charge >= 0.3 is 0 Å². The summed E-state index contributed by atoms with van der Waals surface area (Å²) in [7, 11) is 0. The van der Waals surface area contributed by atoms with Crippen LogP contribution in [-0.4, -0.2) is 0 Å². The molecule has 0 aromatic heterocycles. The van der Waals surface area contributed by atoms with Gasteiger partial charge < -0.3 is 9.80 Å². The normalized spacial score (nSPS) is 12.6. The minimum Gasteiger partial charge on any atom is -0.311 e. The quantitative estimate of drug-likeness (QED) is 0.143. The molecule has 10 aromatic carbocycles. The molecule has 0 atom stereocenters. The minimum atomic E-state index is -0.277. The molecule has 0 bridgehead atoms. The molecule has 310 valence electrons. The molecule has 0 saturated heterocycles. The monoisotopic (exact) mass is 832 g/mol. The molecule has 0 saturated carbocycles. The second kappa shape index (κ2) is 16.8. The number of nitrogens with zero attached hydrogens (tertiary/aromatic N) is 2. The summed E-state index contributed by atoms with van der Waals surface area (Å²) in [6.07, 6.45) is 0. The topological polar surface area (TPSA) is 6.48 Å². The highest BCUT2D eigenvalue weighted by molar-refractivity contribution is 5.90. The molecule has 0 radical (unpaired) electrons. The standard InChI is InChI=1S/C63H48N2/c1-63(2)59-43-53(48-21-13-6-14-22-48)31-41-61(59)65(58-39-27-51(28-40-58)47-19-11-5-12-20-47)62-42-32-54(44-60(62)63)52-29-37-57(38-30-52)64(55-33-23-49(24-34-55)45-15-7-3-8-16-45)56-35-25-50(26-36-56)46-17-9-4-10-18-46/h3-44H,1-2H3. The molecule has 0 unspecified atom stereocenters. The summed E-state index contributed by atoms with van der Waals surface area (Å²) < 4.78 is 0. The molecular weight excluding hydrogens is 785 g/mol. The lowest BCUT2D eigenvalue weighted by Gasteiger charge is -2.42. The van der Waals surface area contributed by atoms with Crippen LogP contribution < -0.4 is 9.80 Å². The summed E-state index contributed by atoms with van der Waals surface area (Å²) >= 11 is 0. The molecule has 2 heteroatoms. The molecular formula is C63H48N2. The van der Waals surface area contributed by atoms with Gasteiger partial charge in [-0.15, -0.1) is 0 Å². The second-order valence-corrected chi connectivity index (χ2v) is 17.4. The van der Waals surface area contributed by atoms with Crippen molar-refractivity contribution in [2.24, 2.45) is 0 Å². The van der Waals surface area contributed by atoms with E-state index in [2.05, 4.69) is 278 Å². The molecule has 11 rings (SSSR count). The Morgan fingerprint density at radius 3 is 0.877 bits per heavy atom. The first-order valence-corrected chi connectivity index (χ1v) is 22.5. The maximum Gasteiger partial charge on any atom is 0.0503 e. The van der Waals surface area contributed by atoms with E-state index >= 15 is 0 Å². The number of rotatable bonds is 9. The van der Waals surface area contributed by atoms with Crippen molar-refractivity contribution in [3.63, 3.8) is 0 Å². The highest BCUT2D eigenvalue weighted by Gasteiger charge is 2.37. The predicted molar refractivity (Wildman–Crippen MR) is 275 cm³/mol. The van der Waals surface area contributed by atoms with Gasteiger partial charge in [0.2, 0.25) is 0 Å². The Morgan fingerprint density at radius 1 is 0.277 bits per heavy atom. The Hall–Kier alpha value is -8.20. The Balaban J connectivity index is 0.978. The van der Waals surface area contributed by atoms with Crippen LogP contribution in [0, 0.1) is 0 Å². The van der Waals surface area contributed by atoms with E-state index in [1.54, 1.807) is 0 Å². The van der Waals surface area contributed by atoms with Crippen molar-refractivity contribution in [3.8, 4) is 55.6 Å². The number of fused-ring (bicyclic) bond motifs is 2. The van der Waals surface area contributed by atoms with E-state index in [-0.39, 0.29) is 5.41 Å². The maximum absolute atomic E-state index is 2.45. The average molecular weight is 833 g/mol. The molecule has 65 heavy (non-hydrogen) atoms. The van der Waals surface area contributed by atoms with Gasteiger partial charge in [-0.25, -0.2) is 0 Å². The van der Waals surface area contributed by atoms with Crippen molar-refractivity contribution < 1.29 is 0 Å². The molecule has 1 aliphatic rings. The van der Waals surface area contributed by atoms with Gasteiger partial charge in [0.15, 0.2) is 0 Å². The lowest BCUT2D eigenvalue weighted by atomic mass is 9.72. The van der Waals surface area contributed by atoms with Crippen molar-refractivity contribution in [2.45, 2.75) is 19.3 Å². The molecule has 0 spiro atoms. The molecule has 0 N–H and O–H groups in total. The zero-order chi connectivity index (χ0) is 43.7. The third-order valence-electron chi connectivity index (χ3n) is 13.1. The lowest BCUT2D eigenvalue weighted by molar-refractivity contribution is 0.632.